The molecule has 3 aromatic rings. The maximum absolute atomic E-state index is 12.5. The predicted octanol–water partition coefficient (Wildman–Crippen LogP) is 0.100. The number of aromatic hydroxyl groups is 4. The number of phenols is 4. The van der Waals surface area contributed by atoms with Crippen LogP contribution < -0.4 is 10.2 Å². The van der Waals surface area contributed by atoms with Crippen molar-refractivity contribution in [1.82, 2.24) is 0 Å². The second kappa shape index (κ2) is 7.63. The molecule has 1 aliphatic rings. The van der Waals surface area contributed by atoms with Crippen molar-refractivity contribution in [3.8, 4) is 40.1 Å². The molecule has 0 radical (unpaired) electrons. The van der Waals surface area contributed by atoms with Gasteiger partial charge in [-0.3, -0.25) is 4.79 Å². The Kier molecular flexibility index (Phi) is 5.11. The standard InChI is InChI=1S/C20H18O11/c21-8-2-1-7(3-9(8)22)13-4-10(23)15-11(24)5-14(17(27)19(15)30-13)31-20-18(28)16(26)12(25)6-29-20/h1-5,12,16,18,20-22,24-28H,6H2. The van der Waals surface area contributed by atoms with E-state index >= 15 is 0 Å². The van der Waals surface area contributed by atoms with Crippen LogP contribution in [0.3, 0.4) is 0 Å². The van der Waals surface area contributed by atoms with Gasteiger partial charge in [0, 0.05) is 17.7 Å². The van der Waals surface area contributed by atoms with E-state index in [1.165, 1.54) is 12.1 Å². The van der Waals surface area contributed by atoms with Gasteiger partial charge in [-0.1, -0.05) is 0 Å². The Morgan fingerprint density at radius 2 is 1.65 bits per heavy atom. The number of aliphatic hydroxyl groups excluding tert-OH is 3. The van der Waals surface area contributed by atoms with Crippen molar-refractivity contribution in [2.45, 2.75) is 24.6 Å². The molecule has 1 fully saturated rings. The molecular formula is C20H18O11. The van der Waals surface area contributed by atoms with Crippen LogP contribution >= 0.6 is 0 Å². The number of hydrogen-bond donors (Lipinski definition) is 7. The minimum absolute atomic E-state index is 0.0906. The normalized spacial score (nSPS) is 23.7. The molecule has 2 heterocycles. The molecule has 0 aliphatic carbocycles. The SMILES string of the molecule is O=c1cc(-c2ccc(O)c(O)c2)oc2c(O)c(OC3OCC(O)C(O)C3O)cc(O)c12. The van der Waals surface area contributed by atoms with Gasteiger partial charge in [0.15, 0.2) is 28.3 Å². The summed E-state index contributed by atoms with van der Waals surface area (Å²) in [5, 5.41) is 68.9. The van der Waals surface area contributed by atoms with Gasteiger partial charge in [-0.25, -0.2) is 0 Å². The first-order chi connectivity index (χ1) is 14.7. The average molecular weight is 434 g/mol. The van der Waals surface area contributed by atoms with Crippen molar-refractivity contribution in [2.24, 2.45) is 0 Å². The highest BCUT2D eigenvalue weighted by Gasteiger charge is 2.39. The first-order valence-electron chi connectivity index (χ1n) is 9.05. The van der Waals surface area contributed by atoms with E-state index in [0.717, 1.165) is 18.2 Å². The molecule has 0 spiro atoms. The number of rotatable bonds is 3. The molecule has 0 bridgehead atoms. The summed E-state index contributed by atoms with van der Waals surface area (Å²) in [6.45, 7) is -0.354. The Hall–Kier alpha value is -3.51. The van der Waals surface area contributed by atoms with Gasteiger partial charge < -0.3 is 49.6 Å². The van der Waals surface area contributed by atoms with Gasteiger partial charge in [-0.2, -0.15) is 0 Å². The summed E-state index contributed by atoms with van der Waals surface area (Å²) in [7, 11) is 0. The van der Waals surface area contributed by atoms with Crippen LogP contribution in [0.1, 0.15) is 0 Å². The summed E-state index contributed by atoms with van der Waals surface area (Å²) in [4.78, 5) is 12.5. The van der Waals surface area contributed by atoms with Crippen molar-refractivity contribution in [3.05, 3.63) is 40.6 Å². The summed E-state index contributed by atoms with van der Waals surface area (Å²) in [5.41, 5.74) is -0.964. The summed E-state index contributed by atoms with van der Waals surface area (Å²) in [6, 6.07) is 5.60. The van der Waals surface area contributed by atoms with E-state index in [9.17, 15) is 40.5 Å². The number of fused-ring (bicyclic) bond motifs is 1. The molecule has 11 nitrogen and oxygen atoms in total. The molecule has 4 unspecified atom stereocenters. The first kappa shape index (κ1) is 20.8. The van der Waals surface area contributed by atoms with Gasteiger partial charge in [0.1, 0.15) is 35.2 Å². The molecule has 1 saturated heterocycles. The number of benzene rings is 2. The van der Waals surface area contributed by atoms with Crippen LogP contribution in [0.2, 0.25) is 0 Å². The van der Waals surface area contributed by atoms with Crippen molar-refractivity contribution >= 4 is 11.0 Å². The van der Waals surface area contributed by atoms with Crippen molar-refractivity contribution in [1.29, 1.82) is 0 Å². The predicted molar refractivity (Wildman–Crippen MR) is 103 cm³/mol. The van der Waals surface area contributed by atoms with E-state index in [1.807, 2.05) is 0 Å². The third-order valence-electron chi connectivity index (χ3n) is 4.88. The highest BCUT2D eigenvalue weighted by molar-refractivity contribution is 5.91. The molecule has 11 heteroatoms. The van der Waals surface area contributed by atoms with Gasteiger partial charge in [0.05, 0.1) is 6.61 Å². The fourth-order valence-electron chi connectivity index (χ4n) is 3.20. The summed E-state index contributed by atoms with van der Waals surface area (Å²) in [6.07, 6.45) is -6.07. The molecule has 164 valence electrons. The van der Waals surface area contributed by atoms with Gasteiger partial charge in [0.2, 0.25) is 12.0 Å². The van der Waals surface area contributed by atoms with E-state index < -0.39 is 58.6 Å². The zero-order valence-electron chi connectivity index (χ0n) is 15.7. The topological polar surface area (TPSA) is 190 Å². The lowest BCUT2D eigenvalue weighted by Crippen LogP contribution is -2.54. The largest absolute Gasteiger partial charge is 0.507 e. The number of phenolic OH excluding ortho intramolecular Hbond substituents is 4. The first-order valence-corrected chi connectivity index (χ1v) is 9.05. The van der Waals surface area contributed by atoms with E-state index in [4.69, 9.17) is 13.9 Å². The molecule has 31 heavy (non-hydrogen) atoms. The Balaban J connectivity index is 1.79. The molecule has 1 aromatic heterocycles. The maximum atomic E-state index is 12.5. The molecule has 0 saturated carbocycles. The van der Waals surface area contributed by atoms with E-state index in [0.29, 0.717) is 0 Å². The number of hydrogen-bond acceptors (Lipinski definition) is 11. The van der Waals surface area contributed by atoms with Gasteiger partial charge >= 0.3 is 0 Å². The van der Waals surface area contributed by atoms with Gasteiger partial charge in [-0.15, -0.1) is 0 Å². The van der Waals surface area contributed by atoms with E-state index in [2.05, 4.69) is 0 Å². The molecule has 7 N–H and O–H groups in total. The van der Waals surface area contributed by atoms with Crippen LogP contribution in [0, 0.1) is 0 Å². The summed E-state index contributed by atoms with van der Waals surface area (Å²) >= 11 is 0. The quantitative estimate of drug-likeness (QED) is 0.219. The van der Waals surface area contributed by atoms with Crippen LogP contribution in [0.4, 0.5) is 0 Å². The van der Waals surface area contributed by atoms with Gasteiger partial charge in [-0.05, 0) is 18.2 Å². The zero-order valence-corrected chi connectivity index (χ0v) is 15.7. The monoisotopic (exact) mass is 434 g/mol. The minimum Gasteiger partial charge on any atom is -0.507 e. The van der Waals surface area contributed by atoms with Crippen molar-refractivity contribution < 1.29 is 49.6 Å². The smallest absolute Gasteiger partial charge is 0.229 e. The average Bonchev–Trinajstić information content (AvgIpc) is 2.73. The fourth-order valence-corrected chi connectivity index (χ4v) is 3.20. The zero-order chi connectivity index (χ0) is 22.4. The molecule has 1 aliphatic heterocycles. The van der Waals surface area contributed by atoms with Crippen LogP contribution in [0.15, 0.2) is 39.5 Å². The van der Waals surface area contributed by atoms with E-state index in [-0.39, 0.29) is 29.1 Å². The Labute approximate surface area is 173 Å². The highest BCUT2D eigenvalue weighted by atomic mass is 16.7. The Morgan fingerprint density at radius 3 is 2.35 bits per heavy atom. The third kappa shape index (κ3) is 3.59. The lowest BCUT2D eigenvalue weighted by Gasteiger charge is -2.35. The van der Waals surface area contributed by atoms with E-state index in [1.54, 1.807) is 0 Å². The molecule has 0 amide bonds. The van der Waals surface area contributed by atoms with Crippen molar-refractivity contribution in [2.75, 3.05) is 6.61 Å². The van der Waals surface area contributed by atoms with Gasteiger partial charge in [0.25, 0.3) is 0 Å². The second-order valence-corrected chi connectivity index (χ2v) is 6.99. The fraction of sp³-hybridized carbons (Fsp3) is 0.250. The van der Waals surface area contributed by atoms with Crippen LogP contribution in [0.5, 0.6) is 28.7 Å². The van der Waals surface area contributed by atoms with Crippen molar-refractivity contribution in [3.63, 3.8) is 0 Å². The number of ether oxygens (including phenoxy) is 2. The molecular weight excluding hydrogens is 416 g/mol. The molecule has 2 aromatic carbocycles. The van der Waals surface area contributed by atoms with Crippen LogP contribution in [-0.4, -0.2) is 67.0 Å². The summed E-state index contributed by atoms with van der Waals surface area (Å²) < 4.78 is 16.0. The lowest BCUT2D eigenvalue weighted by atomic mass is 10.1. The molecule has 4 rings (SSSR count). The summed E-state index contributed by atoms with van der Waals surface area (Å²) in [5.74, 6) is -2.66. The lowest BCUT2D eigenvalue weighted by molar-refractivity contribution is -0.242. The highest BCUT2D eigenvalue weighted by Crippen LogP contribution is 2.41. The maximum Gasteiger partial charge on any atom is 0.229 e. The Bertz CT molecular complexity index is 1200. The third-order valence-corrected chi connectivity index (χ3v) is 4.88. The van der Waals surface area contributed by atoms with Crippen LogP contribution in [-0.2, 0) is 4.74 Å². The Morgan fingerprint density at radius 1 is 0.903 bits per heavy atom. The van der Waals surface area contributed by atoms with Crippen LogP contribution in [0.25, 0.3) is 22.3 Å². The molecule has 4 atom stereocenters. The minimum atomic E-state index is -1.67. The number of aliphatic hydroxyl groups is 3. The second-order valence-electron chi connectivity index (χ2n) is 6.99.